The molecule has 0 atom stereocenters. The van der Waals surface area contributed by atoms with E-state index in [2.05, 4.69) is 17.0 Å². The lowest BCUT2D eigenvalue weighted by atomic mass is 10.1. The SMILES string of the molecule is OCc1ccc(CCCN2CCOCC2)cc1. The Balaban J connectivity index is 1.69. The molecule has 3 nitrogen and oxygen atoms in total. The van der Waals surface area contributed by atoms with Gasteiger partial charge in [-0.15, -0.1) is 0 Å². The van der Waals surface area contributed by atoms with Crippen molar-refractivity contribution in [3.05, 3.63) is 35.4 Å². The number of aryl methyl sites for hydroxylation is 1. The van der Waals surface area contributed by atoms with Crippen LogP contribution in [0.1, 0.15) is 17.5 Å². The maximum atomic E-state index is 8.96. The third-order valence-electron chi connectivity index (χ3n) is 3.25. The zero-order valence-electron chi connectivity index (χ0n) is 10.3. The minimum Gasteiger partial charge on any atom is -0.392 e. The van der Waals surface area contributed by atoms with Gasteiger partial charge in [0.15, 0.2) is 0 Å². The molecular weight excluding hydrogens is 214 g/mol. The number of hydrogen-bond donors (Lipinski definition) is 1. The van der Waals surface area contributed by atoms with E-state index in [4.69, 9.17) is 9.84 Å². The first-order chi connectivity index (χ1) is 8.38. The number of aliphatic hydroxyl groups is 1. The summed E-state index contributed by atoms with van der Waals surface area (Å²) in [7, 11) is 0. The highest BCUT2D eigenvalue weighted by Crippen LogP contribution is 2.08. The summed E-state index contributed by atoms with van der Waals surface area (Å²) in [5.74, 6) is 0. The fraction of sp³-hybridized carbons (Fsp3) is 0.571. The van der Waals surface area contributed by atoms with Gasteiger partial charge in [0.25, 0.3) is 0 Å². The van der Waals surface area contributed by atoms with E-state index in [1.54, 1.807) is 0 Å². The molecule has 1 aliphatic heterocycles. The minimum absolute atomic E-state index is 0.133. The largest absolute Gasteiger partial charge is 0.392 e. The molecule has 0 spiro atoms. The van der Waals surface area contributed by atoms with Gasteiger partial charge in [-0.2, -0.15) is 0 Å². The first-order valence-corrected chi connectivity index (χ1v) is 6.37. The highest BCUT2D eigenvalue weighted by Gasteiger charge is 2.09. The Morgan fingerprint density at radius 3 is 2.35 bits per heavy atom. The molecule has 0 unspecified atom stereocenters. The first-order valence-electron chi connectivity index (χ1n) is 6.37. The Bertz CT molecular complexity index is 317. The van der Waals surface area contributed by atoms with E-state index < -0.39 is 0 Å². The second-order valence-corrected chi connectivity index (χ2v) is 4.53. The molecule has 0 aliphatic carbocycles. The van der Waals surface area contributed by atoms with Crippen LogP contribution in [-0.2, 0) is 17.8 Å². The van der Waals surface area contributed by atoms with Crippen molar-refractivity contribution in [2.24, 2.45) is 0 Å². The summed E-state index contributed by atoms with van der Waals surface area (Å²) >= 11 is 0. The molecule has 1 heterocycles. The van der Waals surface area contributed by atoms with Crippen LogP contribution in [-0.4, -0.2) is 42.9 Å². The lowest BCUT2D eigenvalue weighted by molar-refractivity contribution is 0.0375. The van der Waals surface area contributed by atoms with Crippen LogP contribution in [0.25, 0.3) is 0 Å². The Hall–Kier alpha value is -0.900. The molecule has 1 aliphatic rings. The van der Waals surface area contributed by atoms with E-state index in [0.717, 1.165) is 44.8 Å². The number of morpholine rings is 1. The summed E-state index contributed by atoms with van der Waals surface area (Å²) in [5.41, 5.74) is 2.34. The van der Waals surface area contributed by atoms with Gasteiger partial charge in [-0.25, -0.2) is 0 Å². The van der Waals surface area contributed by atoms with E-state index in [1.807, 2.05) is 12.1 Å². The molecule has 1 saturated heterocycles. The number of rotatable bonds is 5. The fourth-order valence-electron chi connectivity index (χ4n) is 2.14. The van der Waals surface area contributed by atoms with E-state index >= 15 is 0 Å². The number of aliphatic hydroxyl groups excluding tert-OH is 1. The van der Waals surface area contributed by atoms with Crippen molar-refractivity contribution < 1.29 is 9.84 Å². The van der Waals surface area contributed by atoms with Gasteiger partial charge in [0.1, 0.15) is 0 Å². The average molecular weight is 235 g/mol. The molecule has 2 rings (SSSR count). The Morgan fingerprint density at radius 2 is 1.71 bits per heavy atom. The third-order valence-corrected chi connectivity index (χ3v) is 3.25. The third kappa shape index (κ3) is 4.11. The van der Waals surface area contributed by atoms with Gasteiger partial charge in [0.2, 0.25) is 0 Å². The van der Waals surface area contributed by atoms with Crippen LogP contribution >= 0.6 is 0 Å². The lowest BCUT2D eigenvalue weighted by Gasteiger charge is -2.26. The number of nitrogens with zero attached hydrogens (tertiary/aromatic N) is 1. The summed E-state index contributed by atoms with van der Waals surface area (Å²) < 4.78 is 5.32. The second kappa shape index (κ2) is 6.74. The topological polar surface area (TPSA) is 32.7 Å². The molecule has 1 fully saturated rings. The van der Waals surface area contributed by atoms with Crippen molar-refractivity contribution in [2.75, 3.05) is 32.8 Å². The summed E-state index contributed by atoms with van der Waals surface area (Å²) in [5, 5.41) is 8.96. The summed E-state index contributed by atoms with van der Waals surface area (Å²) in [4.78, 5) is 2.46. The molecule has 0 aromatic heterocycles. The van der Waals surface area contributed by atoms with Crippen LogP contribution in [0.4, 0.5) is 0 Å². The normalized spacial score (nSPS) is 17.2. The molecule has 17 heavy (non-hydrogen) atoms. The lowest BCUT2D eigenvalue weighted by Crippen LogP contribution is -2.36. The predicted molar refractivity (Wildman–Crippen MR) is 67.9 cm³/mol. The highest BCUT2D eigenvalue weighted by molar-refractivity contribution is 5.21. The van der Waals surface area contributed by atoms with Crippen molar-refractivity contribution >= 4 is 0 Å². The van der Waals surface area contributed by atoms with E-state index in [1.165, 1.54) is 12.0 Å². The maximum absolute atomic E-state index is 8.96. The smallest absolute Gasteiger partial charge is 0.0681 e. The minimum atomic E-state index is 0.133. The Morgan fingerprint density at radius 1 is 1.06 bits per heavy atom. The fourth-order valence-corrected chi connectivity index (χ4v) is 2.14. The predicted octanol–water partition coefficient (Wildman–Crippen LogP) is 1.44. The first kappa shape index (κ1) is 12.6. The van der Waals surface area contributed by atoms with Gasteiger partial charge < -0.3 is 9.84 Å². The molecule has 0 saturated carbocycles. The number of ether oxygens (including phenoxy) is 1. The Labute approximate surface area is 103 Å². The van der Waals surface area contributed by atoms with Gasteiger partial charge >= 0.3 is 0 Å². The monoisotopic (exact) mass is 235 g/mol. The quantitative estimate of drug-likeness (QED) is 0.838. The molecule has 1 aromatic carbocycles. The van der Waals surface area contributed by atoms with E-state index in [9.17, 15) is 0 Å². The van der Waals surface area contributed by atoms with Crippen LogP contribution in [0, 0.1) is 0 Å². The molecule has 3 heteroatoms. The summed E-state index contributed by atoms with van der Waals surface area (Å²) in [6.45, 7) is 5.20. The molecule has 0 amide bonds. The molecule has 94 valence electrons. The zero-order valence-corrected chi connectivity index (χ0v) is 10.3. The molecule has 0 bridgehead atoms. The molecule has 1 N–H and O–H groups in total. The maximum Gasteiger partial charge on any atom is 0.0681 e. The van der Waals surface area contributed by atoms with Crippen LogP contribution in [0.5, 0.6) is 0 Å². The Kier molecular flexibility index (Phi) is 4.98. The second-order valence-electron chi connectivity index (χ2n) is 4.53. The van der Waals surface area contributed by atoms with Gasteiger partial charge in [0, 0.05) is 13.1 Å². The highest BCUT2D eigenvalue weighted by atomic mass is 16.5. The average Bonchev–Trinajstić information content (AvgIpc) is 2.41. The van der Waals surface area contributed by atoms with Crippen molar-refractivity contribution in [3.63, 3.8) is 0 Å². The molecule has 1 aromatic rings. The molecule has 0 radical (unpaired) electrons. The van der Waals surface area contributed by atoms with Crippen LogP contribution in [0.15, 0.2) is 24.3 Å². The number of benzene rings is 1. The summed E-state index contributed by atoms with van der Waals surface area (Å²) in [6.07, 6.45) is 2.31. The zero-order chi connectivity index (χ0) is 11.9. The van der Waals surface area contributed by atoms with Gasteiger partial charge in [-0.1, -0.05) is 24.3 Å². The van der Waals surface area contributed by atoms with Gasteiger partial charge in [-0.05, 0) is 30.5 Å². The summed E-state index contributed by atoms with van der Waals surface area (Å²) in [6, 6.07) is 8.24. The van der Waals surface area contributed by atoms with Crippen molar-refractivity contribution in [1.82, 2.24) is 4.90 Å². The van der Waals surface area contributed by atoms with Gasteiger partial charge in [-0.3, -0.25) is 4.90 Å². The van der Waals surface area contributed by atoms with Crippen LogP contribution in [0.3, 0.4) is 0 Å². The van der Waals surface area contributed by atoms with Crippen molar-refractivity contribution in [3.8, 4) is 0 Å². The van der Waals surface area contributed by atoms with Crippen molar-refractivity contribution in [1.29, 1.82) is 0 Å². The van der Waals surface area contributed by atoms with Gasteiger partial charge in [0.05, 0.1) is 19.8 Å². The van der Waals surface area contributed by atoms with E-state index in [0.29, 0.717) is 0 Å². The standard InChI is InChI=1S/C14H21NO2/c16-12-14-5-3-13(4-6-14)2-1-7-15-8-10-17-11-9-15/h3-6,16H,1-2,7-12H2. The van der Waals surface area contributed by atoms with Crippen molar-refractivity contribution in [2.45, 2.75) is 19.4 Å². The van der Waals surface area contributed by atoms with Crippen LogP contribution < -0.4 is 0 Å². The molecular formula is C14H21NO2. The number of hydrogen-bond acceptors (Lipinski definition) is 3. The van der Waals surface area contributed by atoms with E-state index in [-0.39, 0.29) is 6.61 Å². The van der Waals surface area contributed by atoms with Crippen LogP contribution in [0.2, 0.25) is 0 Å².